The molecular formula is C36H58N6O8. The molecule has 5 N–H and O–H groups in total. The number of nitrogens with two attached hydrogens (primary N) is 1. The number of ketones is 1. The molecule has 14 nitrogen and oxygen atoms in total. The zero-order chi connectivity index (χ0) is 37.3. The summed E-state index contributed by atoms with van der Waals surface area (Å²) in [7, 11) is 0. The van der Waals surface area contributed by atoms with Crippen LogP contribution in [0, 0.1) is 11.8 Å². The standard InChI is InChI=1S/C36H58N6O8/c1-7-8-9-10-13-30(44)40-31(25(2)3)29(43)23-27(12-11-18-38-33(37)46)32(45)39-28-16-14-26(15-17-28)24-49-34(47)41-19-21-42(22-20-41)35(48)50-36(4,5)6/h14-17,25,27,31H,7-13,18-24H2,1-6H3,(H,39,45)(H,40,44)(H3,37,38,46)/t27-,31+/m1/s1. The Morgan fingerprint density at radius 1 is 0.880 bits per heavy atom. The highest BCUT2D eigenvalue weighted by Crippen LogP contribution is 2.20. The lowest BCUT2D eigenvalue weighted by molar-refractivity contribution is -0.131. The van der Waals surface area contributed by atoms with Crippen LogP contribution in [-0.2, 0) is 30.5 Å². The second kappa shape index (κ2) is 21.0. The lowest BCUT2D eigenvalue weighted by atomic mass is 9.89. The Kier molecular flexibility index (Phi) is 17.6. The van der Waals surface area contributed by atoms with Gasteiger partial charge in [0.05, 0.1) is 6.04 Å². The van der Waals surface area contributed by atoms with E-state index in [-0.39, 0.29) is 43.1 Å². The minimum absolute atomic E-state index is 0.0181. The lowest BCUT2D eigenvalue weighted by Gasteiger charge is -2.35. The number of unbranched alkanes of at least 4 members (excludes halogenated alkanes) is 3. The van der Waals surface area contributed by atoms with E-state index in [1.165, 1.54) is 0 Å². The molecule has 1 heterocycles. The van der Waals surface area contributed by atoms with Gasteiger partial charge in [-0.3, -0.25) is 14.4 Å². The highest BCUT2D eigenvalue weighted by molar-refractivity contribution is 5.97. The fourth-order valence-electron chi connectivity index (χ4n) is 5.40. The highest BCUT2D eigenvalue weighted by Gasteiger charge is 2.30. The third kappa shape index (κ3) is 15.9. The molecule has 0 aromatic heterocycles. The average Bonchev–Trinajstić information content (AvgIpc) is 3.05. The SMILES string of the molecule is CCCCCCC(=O)N[C@H](C(=O)C[C@@H](CCCNC(N)=O)C(=O)Nc1ccc(COC(=O)N2CCN(C(=O)OC(C)(C)C)CC2)cc1)C(C)C. The Labute approximate surface area is 296 Å². The molecule has 14 heteroatoms. The predicted octanol–water partition coefficient (Wildman–Crippen LogP) is 4.95. The van der Waals surface area contributed by atoms with Gasteiger partial charge in [0, 0.05) is 57.2 Å². The molecular weight excluding hydrogens is 644 g/mol. The third-order valence-electron chi connectivity index (χ3n) is 8.21. The monoisotopic (exact) mass is 702 g/mol. The molecule has 0 unspecified atom stereocenters. The Morgan fingerprint density at radius 3 is 2.06 bits per heavy atom. The van der Waals surface area contributed by atoms with Crippen LogP contribution >= 0.6 is 0 Å². The Hall–Kier alpha value is -4.36. The number of carbonyl (C=O) groups excluding carboxylic acids is 6. The summed E-state index contributed by atoms with van der Waals surface area (Å²) >= 11 is 0. The van der Waals surface area contributed by atoms with Gasteiger partial charge >= 0.3 is 18.2 Å². The number of benzene rings is 1. The largest absolute Gasteiger partial charge is 0.445 e. The van der Waals surface area contributed by atoms with Crippen molar-refractivity contribution in [1.29, 1.82) is 0 Å². The summed E-state index contributed by atoms with van der Waals surface area (Å²) in [6.07, 6.45) is 3.92. The van der Waals surface area contributed by atoms with Crippen molar-refractivity contribution in [1.82, 2.24) is 20.4 Å². The van der Waals surface area contributed by atoms with E-state index in [2.05, 4.69) is 22.9 Å². The molecule has 0 aliphatic carbocycles. The minimum atomic E-state index is -0.719. The fraction of sp³-hybridized carbons (Fsp3) is 0.667. The second-order valence-electron chi connectivity index (χ2n) is 14.1. The van der Waals surface area contributed by atoms with Crippen LogP contribution < -0.4 is 21.7 Å². The average molecular weight is 703 g/mol. The van der Waals surface area contributed by atoms with Crippen molar-refractivity contribution in [3.8, 4) is 0 Å². The molecule has 1 aliphatic heterocycles. The quantitative estimate of drug-likeness (QED) is 0.155. The molecule has 280 valence electrons. The smallest absolute Gasteiger partial charge is 0.410 e. The zero-order valence-corrected chi connectivity index (χ0v) is 30.7. The number of hydrogen-bond donors (Lipinski definition) is 4. The summed E-state index contributed by atoms with van der Waals surface area (Å²) < 4.78 is 10.9. The maximum absolute atomic E-state index is 13.4. The third-order valence-corrected chi connectivity index (χ3v) is 8.21. The van der Waals surface area contributed by atoms with Crippen LogP contribution in [0.25, 0.3) is 0 Å². The highest BCUT2D eigenvalue weighted by atomic mass is 16.6. The number of hydrogen-bond acceptors (Lipinski definition) is 8. The molecule has 1 fully saturated rings. The first-order chi connectivity index (χ1) is 23.6. The van der Waals surface area contributed by atoms with Gasteiger partial charge in [-0.05, 0) is 63.6 Å². The van der Waals surface area contributed by atoms with Crippen molar-refractivity contribution >= 4 is 41.5 Å². The Balaban J connectivity index is 1.95. The van der Waals surface area contributed by atoms with Gasteiger partial charge in [-0.15, -0.1) is 0 Å². The van der Waals surface area contributed by atoms with Crippen LogP contribution in [-0.4, -0.2) is 90.0 Å². The first-order valence-corrected chi connectivity index (χ1v) is 17.7. The molecule has 1 saturated heterocycles. The number of Topliss-reactive ketones (excluding diaryl/α,β-unsaturated/α-hetero) is 1. The van der Waals surface area contributed by atoms with Crippen molar-refractivity contribution in [2.45, 2.75) is 111 Å². The zero-order valence-electron chi connectivity index (χ0n) is 30.7. The van der Waals surface area contributed by atoms with E-state index in [1.54, 1.807) is 54.8 Å². The lowest BCUT2D eigenvalue weighted by Crippen LogP contribution is -2.51. The number of anilines is 1. The van der Waals surface area contributed by atoms with Crippen LogP contribution in [0.15, 0.2) is 24.3 Å². The van der Waals surface area contributed by atoms with E-state index in [9.17, 15) is 28.8 Å². The van der Waals surface area contributed by atoms with E-state index in [4.69, 9.17) is 15.2 Å². The summed E-state index contributed by atoms with van der Waals surface area (Å²) in [6, 6.07) is 5.43. The number of carbonyl (C=O) groups is 6. The van der Waals surface area contributed by atoms with Crippen LogP contribution in [0.3, 0.4) is 0 Å². The number of primary amides is 1. The minimum Gasteiger partial charge on any atom is -0.445 e. The van der Waals surface area contributed by atoms with E-state index >= 15 is 0 Å². The Bertz CT molecular complexity index is 1270. The number of urea groups is 1. The summed E-state index contributed by atoms with van der Waals surface area (Å²) in [6.45, 7) is 12.8. The molecule has 0 saturated carbocycles. The van der Waals surface area contributed by atoms with E-state index in [0.717, 1.165) is 25.7 Å². The van der Waals surface area contributed by atoms with Gasteiger partial charge in [0.15, 0.2) is 5.78 Å². The van der Waals surface area contributed by atoms with Crippen molar-refractivity contribution in [2.24, 2.45) is 17.6 Å². The number of ether oxygens (including phenoxy) is 2. The van der Waals surface area contributed by atoms with Crippen molar-refractivity contribution < 1.29 is 38.2 Å². The van der Waals surface area contributed by atoms with Crippen LogP contribution in [0.1, 0.15) is 98.5 Å². The summed E-state index contributed by atoms with van der Waals surface area (Å²) in [4.78, 5) is 78.6. The maximum Gasteiger partial charge on any atom is 0.410 e. The van der Waals surface area contributed by atoms with E-state index < -0.39 is 35.8 Å². The van der Waals surface area contributed by atoms with Gasteiger partial charge in [0.25, 0.3) is 0 Å². The number of amides is 6. The molecule has 6 amide bonds. The molecule has 2 rings (SSSR count). The molecule has 1 aromatic rings. The molecule has 1 aliphatic rings. The first-order valence-electron chi connectivity index (χ1n) is 17.7. The van der Waals surface area contributed by atoms with Crippen LogP contribution in [0.5, 0.6) is 0 Å². The molecule has 0 bridgehead atoms. The summed E-state index contributed by atoms with van der Waals surface area (Å²) in [5.74, 6) is -1.64. The first kappa shape index (κ1) is 41.8. The summed E-state index contributed by atoms with van der Waals surface area (Å²) in [5.41, 5.74) is 5.78. The number of piperazine rings is 1. The Morgan fingerprint density at radius 2 is 1.50 bits per heavy atom. The van der Waals surface area contributed by atoms with Gasteiger partial charge in [-0.25, -0.2) is 14.4 Å². The summed E-state index contributed by atoms with van der Waals surface area (Å²) in [5, 5.41) is 8.25. The van der Waals surface area contributed by atoms with Crippen LogP contribution in [0.2, 0.25) is 0 Å². The molecule has 0 radical (unpaired) electrons. The number of nitrogens with one attached hydrogen (secondary N) is 3. The normalized spacial score (nSPS) is 14.4. The second-order valence-corrected chi connectivity index (χ2v) is 14.1. The number of rotatable bonds is 18. The molecule has 1 aromatic carbocycles. The molecule has 0 spiro atoms. The molecule has 50 heavy (non-hydrogen) atoms. The van der Waals surface area contributed by atoms with Gasteiger partial charge in [0.2, 0.25) is 11.8 Å². The van der Waals surface area contributed by atoms with Crippen LogP contribution in [0.4, 0.5) is 20.1 Å². The fourth-order valence-corrected chi connectivity index (χ4v) is 5.40. The van der Waals surface area contributed by atoms with Crippen molar-refractivity contribution in [3.05, 3.63) is 29.8 Å². The van der Waals surface area contributed by atoms with E-state index in [1.807, 2.05) is 13.8 Å². The number of nitrogens with zero attached hydrogens (tertiary/aromatic N) is 2. The van der Waals surface area contributed by atoms with Gasteiger partial charge < -0.3 is 41.0 Å². The van der Waals surface area contributed by atoms with Crippen molar-refractivity contribution in [3.63, 3.8) is 0 Å². The van der Waals surface area contributed by atoms with Gasteiger partial charge in [-0.1, -0.05) is 52.2 Å². The van der Waals surface area contributed by atoms with Gasteiger partial charge in [-0.2, -0.15) is 0 Å². The topological polar surface area (TPSA) is 189 Å². The maximum atomic E-state index is 13.4. The van der Waals surface area contributed by atoms with Gasteiger partial charge in [0.1, 0.15) is 12.2 Å². The predicted molar refractivity (Wildman–Crippen MR) is 190 cm³/mol. The van der Waals surface area contributed by atoms with E-state index in [0.29, 0.717) is 56.7 Å². The van der Waals surface area contributed by atoms with Crippen molar-refractivity contribution in [2.75, 3.05) is 38.0 Å². The molecule has 2 atom stereocenters.